The number of hydrogen-bond acceptors (Lipinski definition) is 2. The second-order valence-corrected chi connectivity index (χ2v) is 3.86. The Morgan fingerprint density at radius 2 is 2.00 bits per heavy atom. The van der Waals surface area contributed by atoms with Gasteiger partial charge >= 0.3 is 0 Å². The molecule has 1 aromatic rings. The Labute approximate surface area is 89.2 Å². The van der Waals surface area contributed by atoms with Gasteiger partial charge in [0.05, 0.1) is 18.0 Å². The molecule has 0 bridgehead atoms. The van der Waals surface area contributed by atoms with E-state index in [4.69, 9.17) is 0 Å². The molecule has 15 heavy (non-hydrogen) atoms. The molecule has 2 rings (SSSR count). The molecule has 0 spiro atoms. The van der Waals surface area contributed by atoms with Gasteiger partial charge < -0.3 is 5.32 Å². The number of nitrogens with one attached hydrogen (secondary N) is 1. The van der Waals surface area contributed by atoms with E-state index in [0.717, 1.165) is 5.56 Å². The van der Waals surface area contributed by atoms with Crippen molar-refractivity contribution in [1.82, 2.24) is 5.32 Å². The number of rotatable bonds is 2. The number of nitrogens with zero attached hydrogens (tertiary/aromatic N) is 1. The van der Waals surface area contributed by atoms with E-state index in [1.807, 2.05) is 37.3 Å². The highest BCUT2D eigenvalue weighted by molar-refractivity contribution is 5.82. The van der Waals surface area contributed by atoms with Crippen LogP contribution in [0.4, 0.5) is 0 Å². The van der Waals surface area contributed by atoms with Crippen LogP contribution < -0.4 is 5.32 Å². The summed E-state index contributed by atoms with van der Waals surface area (Å²) in [7, 11) is 0. The SMILES string of the molecule is C=N[C@H]1C(C)C(=O)NC1c1ccccc1. The Kier molecular flexibility index (Phi) is 2.54. The Morgan fingerprint density at radius 1 is 1.33 bits per heavy atom. The van der Waals surface area contributed by atoms with Gasteiger partial charge in [-0.05, 0) is 12.3 Å². The van der Waals surface area contributed by atoms with Crippen molar-refractivity contribution in [2.75, 3.05) is 0 Å². The Balaban J connectivity index is 2.31. The number of aliphatic imine (C=N–C) groups is 1. The number of amides is 1. The van der Waals surface area contributed by atoms with Crippen LogP contribution in [0.15, 0.2) is 35.3 Å². The summed E-state index contributed by atoms with van der Waals surface area (Å²) in [6.45, 7) is 5.45. The number of carbonyl (C=O) groups excluding carboxylic acids is 1. The standard InChI is InChI=1S/C12H14N2O/c1-8-10(13-2)11(14-12(8)15)9-6-4-3-5-7-9/h3-8,10-11H,2H2,1H3,(H,14,15)/t8?,10-,11?/m0/s1. The van der Waals surface area contributed by atoms with E-state index in [0.29, 0.717) is 0 Å². The van der Waals surface area contributed by atoms with Crippen molar-refractivity contribution in [1.29, 1.82) is 0 Å². The largest absolute Gasteiger partial charge is 0.347 e. The molecule has 3 heteroatoms. The van der Waals surface area contributed by atoms with Gasteiger partial charge in [-0.15, -0.1) is 0 Å². The molecule has 2 unspecified atom stereocenters. The van der Waals surface area contributed by atoms with E-state index >= 15 is 0 Å². The van der Waals surface area contributed by atoms with Crippen molar-refractivity contribution in [3.63, 3.8) is 0 Å². The minimum absolute atomic E-state index is 0.0220. The highest BCUT2D eigenvalue weighted by Crippen LogP contribution is 2.30. The molecule has 1 heterocycles. The van der Waals surface area contributed by atoms with Crippen LogP contribution in [0.5, 0.6) is 0 Å². The highest BCUT2D eigenvalue weighted by Gasteiger charge is 2.39. The van der Waals surface area contributed by atoms with Gasteiger partial charge in [-0.1, -0.05) is 37.3 Å². The van der Waals surface area contributed by atoms with Crippen molar-refractivity contribution in [3.8, 4) is 0 Å². The van der Waals surface area contributed by atoms with Gasteiger partial charge in [-0.2, -0.15) is 0 Å². The lowest BCUT2D eigenvalue weighted by Crippen LogP contribution is -2.21. The number of hydrogen-bond donors (Lipinski definition) is 1. The first-order valence-electron chi connectivity index (χ1n) is 5.05. The summed E-state index contributed by atoms with van der Waals surface area (Å²) in [5, 5.41) is 2.95. The average Bonchev–Trinajstić information content (AvgIpc) is 2.56. The summed E-state index contributed by atoms with van der Waals surface area (Å²) in [6.07, 6.45) is 0. The van der Waals surface area contributed by atoms with E-state index in [-0.39, 0.29) is 23.9 Å². The molecule has 0 aromatic heterocycles. The minimum Gasteiger partial charge on any atom is -0.347 e. The lowest BCUT2D eigenvalue weighted by atomic mass is 9.96. The molecule has 3 nitrogen and oxygen atoms in total. The molecule has 0 saturated carbocycles. The van der Waals surface area contributed by atoms with Gasteiger partial charge in [-0.3, -0.25) is 9.79 Å². The quantitative estimate of drug-likeness (QED) is 0.726. The Morgan fingerprint density at radius 3 is 2.60 bits per heavy atom. The summed E-state index contributed by atoms with van der Waals surface area (Å²) in [6, 6.07) is 9.81. The van der Waals surface area contributed by atoms with E-state index in [1.54, 1.807) is 0 Å². The van der Waals surface area contributed by atoms with Gasteiger partial charge in [0, 0.05) is 0 Å². The predicted octanol–water partition coefficient (Wildman–Crippen LogP) is 1.56. The summed E-state index contributed by atoms with van der Waals surface area (Å²) in [5.41, 5.74) is 1.09. The molecule has 3 atom stereocenters. The molecule has 1 aliphatic heterocycles. The second-order valence-electron chi connectivity index (χ2n) is 3.86. The van der Waals surface area contributed by atoms with E-state index in [1.165, 1.54) is 0 Å². The normalized spacial score (nSPS) is 29.9. The lowest BCUT2D eigenvalue weighted by molar-refractivity contribution is -0.122. The van der Waals surface area contributed by atoms with Crippen molar-refractivity contribution >= 4 is 12.6 Å². The van der Waals surface area contributed by atoms with Crippen molar-refractivity contribution < 1.29 is 4.79 Å². The topological polar surface area (TPSA) is 41.5 Å². The maximum Gasteiger partial charge on any atom is 0.225 e. The number of carbonyl (C=O) groups is 1. The lowest BCUT2D eigenvalue weighted by Gasteiger charge is -2.16. The predicted molar refractivity (Wildman–Crippen MR) is 59.8 cm³/mol. The maximum absolute atomic E-state index is 11.5. The Hall–Kier alpha value is -1.64. The zero-order chi connectivity index (χ0) is 10.8. The monoisotopic (exact) mass is 202 g/mol. The Bertz CT molecular complexity index is 374. The molecule has 1 aromatic carbocycles. The van der Waals surface area contributed by atoms with Crippen LogP contribution in [0.3, 0.4) is 0 Å². The third kappa shape index (κ3) is 1.65. The smallest absolute Gasteiger partial charge is 0.225 e. The molecule has 1 N–H and O–H groups in total. The second kappa shape index (κ2) is 3.85. The molecule has 1 saturated heterocycles. The third-order valence-corrected chi connectivity index (χ3v) is 2.93. The molecule has 78 valence electrons. The molecule has 0 aliphatic carbocycles. The van der Waals surface area contributed by atoms with Gasteiger partial charge in [0.15, 0.2) is 0 Å². The summed E-state index contributed by atoms with van der Waals surface area (Å²) in [5.74, 6) is -0.0334. The van der Waals surface area contributed by atoms with Crippen LogP contribution in [-0.2, 0) is 4.79 Å². The van der Waals surface area contributed by atoms with Crippen LogP contribution in [-0.4, -0.2) is 18.7 Å². The summed E-state index contributed by atoms with van der Waals surface area (Å²) >= 11 is 0. The molecular formula is C12H14N2O. The molecule has 1 aliphatic rings. The van der Waals surface area contributed by atoms with Crippen molar-refractivity contribution in [2.24, 2.45) is 10.9 Å². The fourth-order valence-corrected chi connectivity index (χ4v) is 2.02. The molecule has 1 fully saturated rings. The van der Waals surface area contributed by atoms with E-state index < -0.39 is 0 Å². The van der Waals surface area contributed by atoms with Crippen LogP contribution in [0, 0.1) is 5.92 Å². The van der Waals surface area contributed by atoms with Crippen LogP contribution in [0.25, 0.3) is 0 Å². The minimum atomic E-state index is -0.0901. The van der Waals surface area contributed by atoms with Crippen LogP contribution >= 0.6 is 0 Å². The van der Waals surface area contributed by atoms with Crippen molar-refractivity contribution in [2.45, 2.75) is 19.0 Å². The van der Waals surface area contributed by atoms with Gasteiger partial charge in [-0.25, -0.2) is 0 Å². The van der Waals surface area contributed by atoms with Gasteiger partial charge in [0.2, 0.25) is 5.91 Å². The van der Waals surface area contributed by atoms with Crippen LogP contribution in [0.1, 0.15) is 18.5 Å². The summed E-state index contributed by atoms with van der Waals surface area (Å²) < 4.78 is 0. The van der Waals surface area contributed by atoms with Gasteiger partial charge in [0.1, 0.15) is 0 Å². The first kappa shape index (κ1) is 9.90. The first-order chi connectivity index (χ1) is 7.24. The van der Waals surface area contributed by atoms with E-state index in [2.05, 4.69) is 17.0 Å². The summed E-state index contributed by atoms with van der Waals surface area (Å²) in [4.78, 5) is 15.6. The zero-order valence-electron chi connectivity index (χ0n) is 8.68. The van der Waals surface area contributed by atoms with Gasteiger partial charge in [0.25, 0.3) is 0 Å². The fourth-order valence-electron chi connectivity index (χ4n) is 2.02. The average molecular weight is 202 g/mol. The number of benzene rings is 1. The molecular weight excluding hydrogens is 188 g/mol. The van der Waals surface area contributed by atoms with Crippen LogP contribution in [0.2, 0.25) is 0 Å². The third-order valence-electron chi connectivity index (χ3n) is 2.93. The maximum atomic E-state index is 11.5. The zero-order valence-corrected chi connectivity index (χ0v) is 8.68. The van der Waals surface area contributed by atoms with Crippen molar-refractivity contribution in [3.05, 3.63) is 35.9 Å². The van der Waals surface area contributed by atoms with E-state index in [9.17, 15) is 4.79 Å². The fraction of sp³-hybridized carbons (Fsp3) is 0.333. The molecule has 1 amide bonds. The first-order valence-corrected chi connectivity index (χ1v) is 5.05. The molecule has 0 radical (unpaired) electrons. The highest BCUT2D eigenvalue weighted by atomic mass is 16.2.